The predicted molar refractivity (Wildman–Crippen MR) is 77.9 cm³/mol. The van der Waals surface area contributed by atoms with E-state index < -0.39 is 0 Å². The summed E-state index contributed by atoms with van der Waals surface area (Å²) in [5.41, 5.74) is 8.15. The first-order valence-electron chi connectivity index (χ1n) is 6.53. The molecule has 0 unspecified atom stereocenters. The van der Waals surface area contributed by atoms with Crippen molar-refractivity contribution in [2.45, 2.75) is 18.9 Å². The minimum Gasteiger partial charge on any atom is -0.395 e. The highest BCUT2D eigenvalue weighted by molar-refractivity contribution is 6.02. The molecule has 1 aliphatic rings. The number of amides is 1. The number of anilines is 1. The van der Waals surface area contributed by atoms with Crippen molar-refractivity contribution in [3.8, 4) is 11.3 Å². The second kappa shape index (κ2) is 4.85. The maximum atomic E-state index is 11.5. The van der Waals surface area contributed by atoms with Crippen LogP contribution in [0.1, 0.15) is 18.9 Å². The molecule has 3 rings (SSSR count). The molecule has 1 saturated carbocycles. The number of nitrogens with two attached hydrogens (primary N) is 1. The van der Waals surface area contributed by atoms with Gasteiger partial charge < -0.3 is 15.6 Å². The Morgan fingerprint density at radius 2 is 2.25 bits per heavy atom. The summed E-state index contributed by atoms with van der Waals surface area (Å²) in [5.74, 6) is -0.377. The normalized spacial score (nSPS) is 14.0. The molecule has 0 spiro atoms. The standard InChI is InChI=1S/C15H16N4O/c1-10(16)15(20)18-12-4-2-3-11(7-12)14-8-17-9-19(14)13-5-6-13/h2-4,7-9,13H,1,5-6,16H2,(H,18,20). The SMILES string of the molecule is C=C(N)C(=O)Nc1cccc(-c2cncn2C2CC2)c1. The fourth-order valence-corrected chi connectivity index (χ4v) is 2.14. The number of benzene rings is 1. The molecule has 0 saturated heterocycles. The van der Waals surface area contributed by atoms with Crippen molar-refractivity contribution in [1.29, 1.82) is 0 Å². The summed E-state index contributed by atoms with van der Waals surface area (Å²) in [7, 11) is 0. The van der Waals surface area contributed by atoms with E-state index in [9.17, 15) is 4.79 Å². The van der Waals surface area contributed by atoms with Gasteiger partial charge in [0.25, 0.3) is 5.91 Å². The third kappa shape index (κ3) is 2.42. The van der Waals surface area contributed by atoms with Crippen LogP contribution >= 0.6 is 0 Å². The number of imidazole rings is 1. The summed E-state index contributed by atoms with van der Waals surface area (Å²) in [4.78, 5) is 15.8. The number of rotatable bonds is 4. The van der Waals surface area contributed by atoms with Gasteiger partial charge in [0.1, 0.15) is 0 Å². The van der Waals surface area contributed by atoms with Crippen LogP contribution in [0.3, 0.4) is 0 Å². The second-order valence-corrected chi connectivity index (χ2v) is 4.98. The second-order valence-electron chi connectivity index (χ2n) is 4.98. The summed E-state index contributed by atoms with van der Waals surface area (Å²) in [6.45, 7) is 3.42. The van der Waals surface area contributed by atoms with Crippen LogP contribution in [0, 0.1) is 0 Å². The van der Waals surface area contributed by atoms with Crippen LogP contribution in [-0.2, 0) is 4.79 Å². The molecule has 1 aliphatic carbocycles. The Bertz CT molecular complexity index is 670. The van der Waals surface area contributed by atoms with Gasteiger partial charge in [-0.3, -0.25) is 4.79 Å². The van der Waals surface area contributed by atoms with Crippen LogP contribution in [-0.4, -0.2) is 15.5 Å². The van der Waals surface area contributed by atoms with E-state index in [1.54, 1.807) is 0 Å². The van der Waals surface area contributed by atoms with E-state index >= 15 is 0 Å². The summed E-state index contributed by atoms with van der Waals surface area (Å²) in [6.07, 6.45) is 6.11. The largest absolute Gasteiger partial charge is 0.395 e. The van der Waals surface area contributed by atoms with E-state index in [0.29, 0.717) is 11.7 Å². The van der Waals surface area contributed by atoms with E-state index in [0.717, 1.165) is 11.3 Å². The van der Waals surface area contributed by atoms with Gasteiger partial charge in [-0.15, -0.1) is 0 Å². The Morgan fingerprint density at radius 3 is 2.95 bits per heavy atom. The topological polar surface area (TPSA) is 72.9 Å². The number of aromatic nitrogens is 2. The van der Waals surface area contributed by atoms with Crippen molar-refractivity contribution >= 4 is 11.6 Å². The first-order valence-corrected chi connectivity index (χ1v) is 6.53. The summed E-state index contributed by atoms with van der Waals surface area (Å²) in [6, 6.07) is 8.20. The molecule has 0 radical (unpaired) electrons. The smallest absolute Gasteiger partial charge is 0.270 e. The lowest BCUT2D eigenvalue weighted by molar-refractivity contribution is -0.112. The summed E-state index contributed by atoms with van der Waals surface area (Å²) >= 11 is 0. The Labute approximate surface area is 117 Å². The molecule has 20 heavy (non-hydrogen) atoms. The molecule has 0 atom stereocenters. The van der Waals surface area contributed by atoms with Crippen LogP contribution < -0.4 is 11.1 Å². The molecule has 1 aromatic heterocycles. The minimum atomic E-state index is -0.377. The maximum Gasteiger partial charge on any atom is 0.270 e. The monoisotopic (exact) mass is 268 g/mol. The van der Waals surface area contributed by atoms with E-state index in [2.05, 4.69) is 21.4 Å². The van der Waals surface area contributed by atoms with Gasteiger partial charge in [0.2, 0.25) is 0 Å². The number of carbonyl (C=O) groups is 1. The first kappa shape index (κ1) is 12.5. The van der Waals surface area contributed by atoms with Gasteiger partial charge in [-0.05, 0) is 25.0 Å². The van der Waals surface area contributed by atoms with Crippen LogP contribution in [0.4, 0.5) is 5.69 Å². The molecule has 5 nitrogen and oxygen atoms in total. The lowest BCUT2D eigenvalue weighted by atomic mass is 10.1. The van der Waals surface area contributed by atoms with Gasteiger partial charge in [-0.25, -0.2) is 4.98 Å². The molecule has 3 N–H and O–H groups in total. The predicted octanol–water partition coefficient (Wildman–Crippen LogP) is 2.30. The van der Waals surface area contributed by atoms with E-state index in [-0.39, 0.29) is 11.6 Å². The average Bonchev–Trinajstić information content (AvgIpc) is 3.16. The fourth-order valence-electron chi connectivity index (χ4n) is 2.14. The molecular weight excluding hydrogens is 252 g/mol. The molecule has 1 amide bonds. The van der Waals surface area contributed by atoms with Crippen molar-refractivity contribution in [3.63, 3.8) is 0 Å². The highest BCUT2D eigenvalue weighted by Crippen LogP contribution is 2.38. The zero-order valence-corrected chi connectivity index (χ0v) is 11.0. The van der Waals surface area contributed by atoms with Crippen LogP contribution in [0.2, 0.25) is 0 Å². The van der Waals surface area contributed by atoms with Gasteiger partial charge in [-0.1, -0.05) is 18.7 Å². The van der Waals surface area contributed by atoms with Gasteiger partial charge in [0.15, 0.2) is 0 Å². The summed E-state index contributed by atoms with van der Waals surface area (Å²) in [5, 5.41) is 2.71. The maximum absolute atomic E-state index is 11.5. The van der Waals surface area contributed by atoms with Crippen molar-refractivity contribution in [2.75, 3.05) is 5.32 Å². The van der Waals surface area contributed by atoms with E-state index in [4.69, 9.17) is 5.73 Å². The molecule has 0 bridgehead atoms. The molecule has 0 aliphatic heterocycles. The minimum absolute atomic E-state index is 0.00146. The van der Waals surface area contributed by atoms with Gasteiger partial charge in [0.05, 0.1) is 23.9 Å². The van der Waals surface area contributed by atoms with Crippen molar-refractivity contribution in [3.05, 3.63) is 49.1 Å². The van der Waals surface area contributed by atoms with Gasteiger partial charge in [0, 0.05) is 17.3 Å². The average molecular weight is 268 g/mol. The third-order valence-electron chi connectivity index (χ3n) is 3.31. The lowest BCUT2D eigenvalue weighted by Crippen LogP contribution is -2.18. The highest BCUT2D eigenvalue weighted by Gasteiger charge is 2.25. The van der Waals surface area contributed by atoms with E-state index in [1.807, 2.05) is 36.8 Å². The number of carbonyl (C=O) groups excluding carboxylic acids is 1. The molecule has 1 heterocycles. The number of nitrogens with one attached hydrogen (secondary N) is 1. The van der Waals surface area contributed by atoms with Crippen LogP contribution in [0.25, 0.3) is 11.3 Å². The lowest BCUT2D eigenvalue weighted by Gasteiger charge is -2.09. The summed E-state index contributed by atoms with van der Waals surface area (Å²) < 4.78 is 2.18. The molecule has 1 aromatic carbocycles. The Balaban J connectivity index is 1.89. The van der Waals surface area contributed by atoms with Crippen molar-refractivity contribution in [1.82, 2.24) is 9.55 Å². The first-order chi connectivity index (χ1) is 9.65. The zero-order valence-electron chi connectivity index (χ0n) is 11.0. The molecular formula is C15H16N4O. The Kier molecular flexibility index (Phi) is 3.02. The Morgan fingerprint density at radius 1 is 1.45 bits per heavy atom. The number of hydrogen-bond acceptors (Lipinski definition) is 3. The van der Waals surface area contributed by atoms with Crippen molar-refractivity contribution < 1.29 is 4.79 Å². The highest BCUT2D eigenvalue weighted by atomic mass is 16.1. The molecule has 1 fully saturated rings. The molecule has 2 aromatic rings. The van der Waals surface area contributed by atoms with Gasteiger partial charge in [-0.2, -0.15) is 0 Å². The van der Waals surface area contributed by atoms with E-state index in [1.165, 1.54) is 12.8 Å². The van der Waals surface area contributed by atoms with Crippen molar-refractivity contribution in [2.24, 2.45) is 5.73 Å². The Hall–Kier alpha value is -2.56. The molecule has 5 heteroatoms. The van der Waals surface area contributed by atoms with Crippen LogP contribution in [0.5, 0.6) is 0 Å². The number of hydrogen-bond donors (Lipinski definition) is 2. The fraction of sp³-hybridized carbons (Fsp3) is 0.200. The number of nitrogens with zero attached hydrogens (tertiary/aromatic N) is 2. The third-order valence-corrected chi connectivity index (χ3v) is 3.31. The quantitative estimate of drug-likeness (QED) is 0.836. The molecule has 102 valence electrons. The van der Waals surface area contributed by atoms with Gasteiger partial charge >= 0.3 is 0 Å². The zero-order chi connectivity index (χ0) is 14.1. The van der Waals surface area contributed by atoms with Crippen LogP contribution in [0.15, 0.2) is 49.1 Å².